The van der Waals surface area contributed by atoms with Crippen LogP contribution in [-0.4, -0.2) is 31.7 Å². The number of carbonyl (C=O) groups is 2. The van der Waals surface area contributed by atoms with Gasteiger partial charge in [0.15, 0.2) is 9.84 Å². The molecule has 1 aliphatic rings. The fraction of sp³-hybridized carbons (Fsp3) is 0.200. The summed E-state index contributed by atoms with van der Waals surface area (Å²) in [6.07, 6.45) is 2.35. The Labute approximate surface area is 161 Å². The van der Waals surface area contributed by atoms with Gasteiger partial charge in [-0.3, -0.25) is 4.79 Å². The maximum absolute atomic E-state index is 14.5. The van der Waals surface area contributed by atoms with Gasteiger partial charge in [-0.25, -0.2) is 17.6 Å². The Morgan fingerprint density at radius 1 is 1.00 bits per heavy atom. The summed E-state index contributed by atoms with van der Waals surface area (Å²) in [6, 6.07) is 10.2. The summed E-state index contributed by atoms with van der Waals surface area (Å²) in [5.41, 5.74) is 1.33. The fourth-order valence-electron chi connectivity index (χ4n) is 3.12. The van der Waals surface area contributed by atoms with Crippen LogP contribution in [0.1, 0.15) is 19.3 Å². The van der Waals surface area contributed by atoms with Gasteiger partial charge in [0.05, 0.1) is 10.6 Å². The summed E-state index contributed by atoms with van der Waals surface area (Å²) in [7, 11) is -3.32. The molecular formula is C20H18FNO5S. The Morgan fingerprint density at radius 2 is 1.61 bits per heavy atom. The SMILES string of the molecule is CS(=O)(=O)c1ccc(-c2ccc(NC(=O)C3=C(C(=O)O)CCC3)c(F)c2)cc1. The number of carbonyl (C=O) groups excluding carboxylic acids is 1. The van der Waals surface area contributed by atoms with Crippen LogP contribution < -0.4 is 5.32 Å². The van der Waals surface area contributed by atoms with E-state index in [4.69, 9.17) is 5.11 Å². The third kappa shape index (κ3) is 4.12. The van der Waals surface area contributed by atoms with E-state index in [0.29, 0.717) is 30.4 Å². The number of halogens is 1. The minimum absolute atomic E-state index is 0.0503. The number of amides is 1. The molecule has 2 aromatic rings. The maximum Gasteiger partial charge on any atom is 0.332 e. The van der Waals surface area contributed by atoms with E-state index in [1.807, 2.05) is 0 Å². The lowest BCUT2D eigenvalue weighted by atomic mass is 10.0. The molecule has 0 spiro atoms. The molecule has 2 N–H and O–H groups in total. The third-order valence-electron chi connectivity index (χ3n) is 4.58. The molecule has 0 aliphatic heterocycles. The molecule has 146 valence electrons. The van der Waals surface area contributed by atoms with Gasteiger partial charge in [0.2, 0.25) is 0 Å². The predicted octanol–water partition coefficient (Wildman–Crippen LogP) is 3.40. The van der Waals surface area contributed by atoms with Crippen molar-refractivity contribution in [2.24, 2.45) is 0 Å². The van der Waals surface area contributed by atoms with Gasteiger partial charge in [-0.15, -0.1) is 0 Å². The largest absolute Gasteiger partial charge is 0.478 e. The number of benzene rings is 2. The van der Waals surface area contributed by atoms with Crippen LogP contribution in [0, 0.1) is 5.82 Å². The molecule has 0 heterocycles. The number of anilines is 1. The number of hydrogen-bond acceptors (Lipinski definition) is 4. The summed E-state index contributed by atoms with van der Waals surface area (Å²) >= 11 is 0. The van der Waals surface area contributed by atoms with Crippen LogP contribution in [-0.2, 0) is 19.4 Å². The molecule has 1 aliphatic carbocycles. The van der Waals surface area contributed by atoms with Crippen molar-refractivity contribution in [3.63, 3.8) is 0 Å². The lowest BCUT2D eigenvalue weighted by Crippen LogP contribution is -2.17. The zero-order chi connectivity index (χ0) is 20.5. The van der Waals surface area contributed by atoms with Gasteiger partial charge in [-0.05, 0) is 54.7 Å². The highest BCUT2D eigenvalue weighted by atomic mass is 32.2. The second-order valence-electron chi connectivity index (χ2n) is 6.56. The number of hydrogen-bond donors (Lipinski definition) is 2. The van der Waals surface area contributed by atoms with Crippen molar-refractivity contribution in [1.29, 1.82) is 0 Å². The summed E-state index contributed by atoms with van der Waals surface area (Å²) in [4.78, 5) is 23.7. The van der Waals surface area contributed by atoms with Gasteiger partial charge < -0.3 is 10.4 Å². The second kappa shape index (κ2) is 7.55. The summed E-state index contributed by atoms with van der Waals surface area (Å²) in [6.45, 7) is 0. The highest BCUT2D eigenvalue weighted by Crippen LogP contribution is 2.29. The minimum Gasteiger partial charge on any atom is -0.478 e. The Hall–Kier alpha value is -3.00. The maximum atomic E-state index is 14.5. The Bertz CT molecular complexity index is 1090. The molecule has 3 rings (SSSR count). The minimum atomic E-state index is -3.32. The average Bonchev–Trinajstić information content (AvgIpc) is 3.13. The van der Waals surface area contributed by atoms with E-state index in [-0.39, 0.29) is 21.7 Å². The number of sulfone groups is 1. The van der Waals surface area contributed by atoms with Crippen LogP contribution in [0.4, 0.5) is 10.1 Å². The van der Waals surface area contributed by atoms with Crippen molar-refractivity contribution >= 4 is 27.4 Å². The molecule has 0 radical (unpaired) electrons. The van der Waals surface area contributed by atoms with Crippen LogP contribution in [0.25, 0.3) is 11.1 Å². The van der Waals surface area contributed by atoms with Crippen LogP contribution in [0.3, 0.4) is 0 Å². The summed E-state index contributed by atoms with van der Waals surface area (Å²) < 4.78 is 37.5. The standard InChI is InChI=1S/C20H18FNO5S/c1-28(26,27)14-8-5-12(6-9-14)13-7-10-18(17(21)11-13)22-19(23)15-3-2-4-16(15)20(24)25/h5-11H,2-4H2,1H3,(H,22,23)(H,24,25). The molecule has 28 heavy (non-hydrogen) atoms. The summed E-state index contributed by atoms with van der Waals surface area (Å²) in [5, 5.41) is 11.6. The van der Waals surface area contributed by atoms with E-state index in [1.54, 1.807) is 18.2 Å². The lowest BCUT2D eigenvalue weighted by Gasteiger charge is -2.10. The van der Waals surface area contributed by atoms with E-state index in [2.05, 4.69) is 5.32 Å². The Morgan fingerprint density at radius 3 is 2.18 bits per heavy atom. The molecule has 0 saturated heterocycles. The molecule has 0 aromatic heterocycles. The number of nitrogens with one attached hydrogen (secondary N) is 1. The van der Waals surface area contributed by atoms with Gasteiger partial charge in [0.1, 0.15) is 5.82 Å². The topological polar surface area (TPSA) is 101 Å². The van der Waals surface area contributed by atoms with Crippen molar-refractivity contribution in [2.75, 3.05) is 11.6 Å². The van der Waals surface area contributed by atoms with E-state index >= 15 is 0 Å². The molecule has 0 bridgehead atoms. The number of carboxylic acid groups (broad SMARTS) is 1. The van der Waals surface area contributed by atoms with Gasteiger partial charge in [-0.1, -0.05) is 18.2 Å². The van der Waals surface area contributed by atoms with E-state index in [0.717, 1.165) is 6.26 Å². The first-order valence-electron chi connectivity index (χ1n) is 8.53. The fourth-order valence-corrected chi connectivity index (χ4v) is 3.75. The number of carboxylic acids is 1. The van der Waals surface area contributed by atoms with Crippen molar-refractivity contribution in [3.05, 3.63) is 59.4 Å². The van der Waals surface area contributed by atoms with Crippen molar-refractivity contribution < 1.29 is 27.5 Å². The number of rotatable bonds is 5. The first-order chi connectivity index (χ1) is 13.2. The van der Waals surface area contributed by atoms with Crippen molar-refractivity contribution in [1.82, 2.24) is 0 Å². The second-order valence-corrected chi connectivity index (χ2v) is 8.58. The van der Waals surface area contributed by atoms with E-state index in [9.17, 15) is 22.4 Å². The highest BCUT2D eigenvalue weighted by Gasteiger charge is 2.25. The molecule has 6 nitrogen and oxygen atoms in total. The quantitative estimate of drug-likeness (QED) is 0.797. The van der Waals surface area contributed by atoms with Gasteiger partial charge in [0.25, 0.3) is 5.91 Å². The molecule has 0 unspecified atom stereocenters. The summed E-state index contributed by atoms with van der Waals surface area (Å²) in [5.74, 6) is -2.41. The van der Waals surface area contributed by atoms with Gasteiger partial charge in [0, 0.05) is 17.4 Å². The van der Waals surface area contributed by atoms with Crippen LogP contribution in [0.15, 0.2) is 58.5 Å². The van der Waals surface area contributed by atoms with Crippen LogP contribution >= 0.6 is 0 Å². The Balaban J connectivity index is 1.82. The molecule has 0 saturated carbocycles. The van der Waals surface area contributed by atoms with Gasteiger partial charge >= 0.3 is 5.97 Å². The first-order valence-corrected chi connectivity index (χ1v) is 10.4. The zero-order valence-electron chi connectivity index (χ0n) is 15.0. The lowest BCUT2D eigenvalue weighted by molar-refractivity contribution is -0.133. The Kier molecular flexibility index (Phi) is 5.33. The normalized spacial score (nSPS) is 14.2. The molecular weight excluding hydrogens is 385 g/mol. The van der Waals surface area contributed by atoms with Crippen molar-refractivity contribution in [2.45, 2.75) is 24.2 Å². The highest BCUT2D eigenvalue weighted by molar-refractivity contribution is 7.90. The van der Waals surface area contributed by atoms with Crippen LogP contribution in [0.5, 0.6) is 0 Å². The first kappa shape index (κ1) is 19.8. The third-order valence-corrected chi connectivity index (χ3v) is 5.71. The van der Waals surface area contributed by atoms with E-state index < -0.39 is 27.5 Å². The van der Waals surface area contributed by atoms with Crippen LogP contribution in [0.2, 0.25) is 0 Å². The van der Waals surface area contributed by atoms with Gasteiger partial charge in [-0.2, -0.15) is 0 Å². The van der Waals surface area contributed by atoms with Crippen molar-refractivity contribution in [3.8, 4) is 11.1 Å². The molecule has 0 fully saturated rings. The van der Waals surface area contributed by atoms with E-state index in [1.165, 1.54) is 24.3 Å². The number of aliphatic carboxylic acids is 1. The monoisotopic (exact) mass is 403 g/mol. The smallest absolute Gasteiger partial charge is 0.332 e. The molecule has 8 heteroatoms. The molecule has 0 atom stereocenters. The zero-order valence-corrected chi connectivity index (χ0v) is 15.8. The average molecular weight is 403 g/mol. The molecule has 2 aromatic carbocycles. The predicted molar refractivity (Wildman–Crippen MR) is 102 cm³/mol. The molecule has 1 amide bonds.